The standard InChI is InChI=1S/C13H14N2O3/c1-3-17-12-8-10(2)4-5-11(12)18-13(16)15-7-6-14-9-15/h4-9H,3H2,1-2H3. The lowest BCUT2D eigenvalue weighted by molar-refractivity contribution is 0.199. The van der Waals surface area contributed by atoms with Crippen LogP contribution < -0.4 is 9.47 Å². The van der Waals surface area contributed by atoms with E-state index in [1.54, 1.807) is 6.07 Å². The van der Waals surface area contributed by atoms with Crippen molar-refractivity contribution in [3.63, 3.8) is 0 Å². The van der Waals surface area contributed by atoms with Crippen LogP contribution in [0.4, 0.5) is 4.79 Å². The first-order valence-corrected chi connectivity index (χ1v) is 5.64. The van der Waals surface area contributed by atoms with Crippen molar-refractivity contribution in [2.45, 2.75) is 13.8 Å². The van der Waals surface area contributed by atoms with Crippen LogP contribution in [-0.4, -0.2) is 22.3 Å². The molecule has 1 heterocycles. The maximum Gasteiger partial charge on any atom is 0.424 e. The van der Waals surface area contributed by atoms with Gasteiger partial charge >= 0.3 is 6.09 Å². The quantitative estimate of drug-likeness (QED) is 0.835. The number of rotatable bonds is 3. The van der Waals surface area contributed by atoms with Crippen molar-refractivity contribution in [1.29, 1.82) is 0 Å². The predicted octanol–water partition coefficient (Wildman–Crippen LogP) is 2.64. The number of aromatic nitrogens is 2. The molecule has 0 aliphatic carbocycles. The number of carbonyl (C=O) groups is 1. The lowest BCUT2D eigenvalue weighted by Gasteiger charge is -2.11. The molecule has 0 fully saturated rings. The van der Waals surface area contributed by atoms with Crippen molar-refractivity contribution in [1.82, 2.24) is 9.55 Å². The maximum absolute atomic E-state index is 11.8. The summed E-state index contributed by atoms with van der Waals surface area (Å²) in [6, 6.07) is 5.41. The van der Waals surface area contributed by atoms with Gasteiger partial charge in [0.25, 0.3) is 0 Å². The van der Waals surface area contributed by atoms with E-state index in [1.807, 2.05) is 26.0 Å². The molecule has 0 unspecified atom stereocenters. The van der Waals surface area contributed by atoms with Crippen LogP contribution in [0.15, 0.2) is 36.9 Å². The van der Waals surface area contributed by atoms with E-state index in [0.717, 1.165) is 5.56 Å². The Labute approximate surface area is 105 Å². The summed E-state index contributed by atoms with van der Waals surface area (Å²) >= 11 is 0. The Hall–Kier alpha value is -2.30. The molecule has 5 nitrogen and oxygen atoms in total. The number of carbonyl (C=O) groups excluding carboxylic acids is 1. The zero-order valence-corrected chi connectivity index (χ0v) is 10.3. The van der Waals surface area contributed by atoms with Crippen molar-refractivity contribution in [2.75, 3.05) is 6.61 Å². The molecule has 0 N–H and O–H groups in total. The van der Waals surface area contributed by atoms with E-state index in [9.17, 15) is 4.79 Å². The van der Waals surface area contributed by atoms with Crippen LogP contribution in [-0.2, 0) is 0 Å². The molecule has 0 aliphatic rings. The molecular formula is C13H14N2O3. The highest BCUT2D eigenvalue weighted by atomic mass is 16.6. The van der Waals surface area contributed by atoms with Crippen molar-refractivity contribution >= 4 is 6.09 Å². The van der Waals surface area contributed by atoms with E-state index in [1.165, 1.54) is 23.3 Å². The van der Waals surface area contributed by atoms with Gasteiger partial charge < -0.3 is 9.47 Å². The van der Waals surface area contributed by atoms with E-state index in [0.29, 0.717) is 18.1 Å². The van der Waals surface area contributed by atoms with Crippen LogP contribution >= 0.6 is 0 Å². The molecule has 2 rings (SSSR count). The largest absolute Gasteiger partial charge is 0.490 e. The normalized spacial score (nSPS) is 10.1. The van der Waals surface area contributed by atoms with Gasteiger partial charge in [0, 0.05) is 12.4 Å². The lowest BCUT2D eigenvalue weighted by Crippen LogP contribution is -2.15. The maximum atomic E-state index is 11.8. The van der Waals surface area contributed by atoms with E-state index in [2.05, 4.69) is 4.98 Å². The molecular weight excluding hydrogens is 232 g/mol. The molecule has 0 atom stereocenters. The Morgan fingerprint density at radius 3 is 2.89 bits per heavy atom. The molecule has 0 amide bonds. The third kappa shape index (κ3) is 2.68. The third-order valence-corrected chi connectivity index (χ3v) is 2.31. The van der Waals surface area contributed by atoms with Crippen LogP contribution in [0.25, 0.3) is 0 Å². The van der Waals surface area contributed by atoms with E-state index in [4.69, 9.17) is 9.47 Å². The second-order valence-corrected chi connectivity index (χ2v) is 3.72. The molecule has 0 saturated heterocycles. The molecule has 0 bridgehead atoms. The van der Waals surface area contributed by atoms with Crippen LogP contribution in [0.1, 0.15) is 12.5 Å². The summed E-state index contributed by atoms with van der Waals surface area (Å²) in [5.41, 5.74) is 1.04. The molecule has 5 heteroatoms. The summed E-state index contributed by atoms with van der Waals surface area (Å²) in [5, 5.41) is 0. The average molecular weight is 246 g/mol. The van der Waals surface area contributed by atoms with Crippen LogP contribution in [0, 0.1) is 6.92 Å². The van der Waals surface area contributed by atoms with E-state index >= 15 is 0 Å². The Morgan fingerprint density at radius 2 is 2.22 bits per heavy atom. The highest BCUT2D eigenvalue weighted by Gasteiger charge is 2.11. The Bertz CT molecular complexity index is 535. The smallest absolute Gasteiger partial charge is 0.424 e. The second kappa shape index (κ2) is 5.35. The van der Waals surface area contributed by atoms with Crippen molar-refractivity contribution in [2.24, 2.45) is 0 Å². The molecule has 0 aliphatic heterocycles. The van der Waals surface area contributed by atoms with Crippen LogP contribution in [0.2, 0.25) is 0 Å². The van der Waals surface area contributed by atoms with Crippen molar-refractivity contribution in [3.8, 4) is 11.5 Å². The number of nitrogens with zero attached hydrogens (tertiary/aromatic N) is 2. The van der Waals surface area contributed by atoms with Gasteiger partial charge in [0.1, 0.15) is 6.33 Å². The third-order valence-electron chi connectivity index (χ3n) is 2.31. The second-order valence-electron chi connectivity index (χ2n) is 3.72. The summed E-state index contributed by atoms with van der Waals surface area (Å²) in [6.07, 6.45) is 3.91. The SMILES string of the molecule is CCOc1cc(C)ccc1OC(=O)n1ccnc1. The summed E-state index contributed by atoms with van der Waals surface area (Å²) in [7, 11) is 0. The van der Waals surface area contributed by atoms with Gasteiger partial charge in [-0.1, -0.05) is 6.07 Å². The van der Waals surface area contributed by atoms with Crippen LogP contribution in [0.3, 0.4) is 0 Å². The zero-order valence-electron chi connectivity index (χ0n) is 10.3. The first-order chi connectivity index (χ1) is 8.70. The summed E-state index contributed by atoms with van der Waals surface area (Å²) < 4.78 is 11.9. The fraction of sp³-hybridized carbons (Fsp3) is 0.231. The number of imidazole rings is 1. The molecule has 1 aromatic heterocycles. The van der Waals surface area contributed by atoms with Crippen molar-refractivity contribution in [3.05, 3.63) is 42.5 Å². The number of benzene rings is 1. The number of ether oxygens (including phenoxy) is 2. The Kier molecular flexibility index (Phi) is 3.62. The molecule has 1 aromatic carbocycles. The molecule has 0 radical (unpaired) electrons. The molecule has 2 aromatic rings. The highest BCUT2D eigenvalue weighted by molar-refractivity contribution is 5.73. The first kappa shape index (κ1) is 12.2. The molecule has 18 heavy (non-hydrogen) atoms. The summed E-state index contributed by atoms with van der Waals surface area (Å²) in [5.74, 6) is 0.965. The fourth-order valence-electron chi connectivity index (χ4n) is 1.48. The van der Waals surface area contributed by atoms with Gasteiger partial charge in [0.05, 0.1) is 6.61 Å². The van der Waals surface area contributed by atoms with Gasteiger partial charge in [-0.15, -0.1) is 0 Å². The Balaban J connectivity index is 2.20. The van der Waals surface area contributed by atoms with E-state index < -0.39 is 6.09 Å². The number of hydrogen-bond donors (Lipinski definition) is 0. The van der Waals surface area contributed by atoms with Gasteiger partial charge in [-0.3, -0.25) is 0 Å². The molecule has 0 saturated carbocycles. The minimum atomic E-state index is -0.516. The van der Waals surface area contributed by atoms with Gasteiger partial charge in [0.2, 0.25) is 0 Å². The fourth-order valence-corrected chi connectivity index (χ4v) is 1.48. The molecule has 94 valence electrons. The van der Waals surface area contributed by atoms with Gasteiger partial charge in [-0.25, -0.2) is 14.3 Å². The minimum absolute atomic E-state index is 0.404. The minimum Gasteiger partial charge on any atom is -0.490 e. The highest BCUT2D eigenvalue weighted by Crippen LogP contribution is 2.28. The summed E-state index contributed by atoms with van der Waals surface area (Å²) in [6.45, 7) is 4.34. The summed E-state index contributed by atoms with van der Waals surface area (Å²) in [4.78, 5) is 15.6. The number of aryl methyl sites for hydroxylation is 1. The van der Waals surface area contributed by atoms with Crippen LogP contribution in [0.5, 0.6) is 11.5 Å². The van der Waals surface area contributed by atoms with Crippen molar-refractivity contribution < 1.29 is 14.3 Å². The first-order valence-electron chi connectivity index (χ1n) is 5.64. The molecule has 0 spiro atoms. The Morgan fingerprint density at radius 1 is 1.39 bits per heavy atom. The average Bonchev–Trinajstić information content (AvgIpc) is 2.86. The lowest BCUT2D eigenvalue weighted by atomic mass is 10.2. The topological polar surface area (TPSA) is 53.4 Å². The van der Waals surface area contributed by atoms with Gasteiger partial charge in [-0.05, 0) is 31.5 Å². The monoisotopic (exact) mass is 246 g/mol. The predicted molar refractivity (Wildman–Crippen MR) is 66.0 cm³/mol. The number of hydrogen-bond acceptors (Lipinski definition) is 4. The van der Waals surface area contributed by atoms with Gasteiger partial charge in [0.15, 0.2) is 11.5 Å². The zero-order chi connectivity index (χ0) is 13.0. The van der Waals surface area contributed by atoms with Gasteiger partial charge in [-0.2, -0.15) is 0 Å². The van der Waals surface area contributed by atoms with E-state index in [-0.39, 0.29) is 0 Å².